The molecule has 1 aliphatic rings. The Bertz CT molecular complexity index is 538. The lowest BCUT2D eigenvalue weighted by molar-refractivity contribution is -0.133. The summed E-state index contributed by atoms with van der Waals surface area (Å²) in [4.78, 5) is 11.5. The molecular weight excluding hydrogens is 291 g/mol. The van der Waals surface area contributed by atoms with Crippen LogP contribution in [0.25, 0.3) is 0 Å². The third-order valence-electron chi connectivity index (χ3n) is 2.56. The summed E-state index contributed by atoms with van der Waals surface area (Å²) in [6, 6.07) is 6.79. The average Bonchev–Trinajstić information content (AvgIpc) is 2.40. The zero-order valence-corrected chi connectivity index (χ0v) is 11.4. The summed E-state index contributed by atoms with van der Waals surface area (Å²) in [5.74, 6) is -1.69. The minimum atomic E-state index is -4.66. The van der Waals surface area contributed by atoms with Gasteiger partial charge in [-0.1, -0.05) is 17.7 Å². The minimum Gasteiger partial charge on any atom is -0.487 e. The van der Waals surface area contributed by atoms with E-state index in [0.29, 0.717) is 11.4 Å². The maximum Gasteiger partial charge on any atom is 0.450 e. The number of aryl methyl sites for hydroxylation is 1. The maximum atomic E-state index is 12.8. The van der Waals surface area contributed by atoms with Gasteiger partial charge in [-0.3, -0.25) is 4.79 Å². The lowest BCUT2D eigenvalue weighted by Crippen LogP contribution is -2.26. The Morgan fingerprint density at radius 2 is 1.95 bits per heavy atom. The van der Waals surface area contributed by atoms with Crippen LogP contribution in [0.3, 0.4) is 0 Å². The highest BCUT2D eigenvalue weighted by Gasteiger charge is 2.42. The second kappa shape index (κ2) is 5.78. The number of carbonyl (C=O) groups is 1. The molecule has 0 unspecified atom stereocenters. The average molecular weight is 303 g/mol. The summed E-state index contributed by atoms with van der Waals surface area (Å²) in [5, 5.41) is 2.44. The normalized spacial score (nSPS) is 15.8. The molecule has 0 atom stereocenters. The molecule has 0 bridgehead atoms. The fraction of sp³-hybridized carbons (Fsp3) is 0.308. The Morgan fingerprint density at radius 3 is 2.55 bits per heavy atom. The monoisotopic (exact) mass is 303 g/mol. The van der Waals surface area contributed by atoms with E-state index < -0.39 is 22.7 Å². The molecule has 0 spiro atoms. The molecule has 1 amide bonds. The van der Waals surface area contributed by atoms with E-state index in [1.54, 1.807) is 24.3 Å². The van der Waals surface area contributed by atoms with E-state index in [1.165, 1.54) is 0 Å². The molecule has 0 aromatic heterocycles. The van der Waals surface area contributed by atoms with E-state index in [9.17, 15) is 18.0 Å². The molecule has 0 saturated carbocycles. The number of benzene rings is 1. The molecule has 20 heavy (non-hydrogen) atoms. The first-order chi connectivity index (χ1) is 9.38. The molecule has 1 aliphatic heterocycles. The number of thioether (sulfide) groups is 1. The maximum absolute atomic E-state index is 12.8. The van der Waals surface area contributed by atoms with Gasteiger partial charge >= 0.3 is 6.18 Å². The van der Waals surface area contributed by atoms with Gasteiger partial charge in [0.1, 0.15) is 4.91 Å². The van der Waals surface area contributed by atoms with Gasteiger partial charge in [0.15, 0.2) is 0 Å². The van der Waals surface area contributed by atoms with E-state index in [4.69, 9.17) is 0 Å². The Morgan fingerprint density at radius 1 is 1.30 bits per heavy atom. The number of anilines is 1. The van der Waals surface area contributed by atoms with Gasteiger partial charge in [0, 0.05) is 11.4 Å². The van der Waals surface area contributed by atoms with Crippen molar-refractivity contribution < 1.29 is 22.7 Å². The zero-order valence-electron chi connectivity index (χ0n) is 10.6. The lowest BCUT2D eigenvalue weighted by atomic mass is 10.2. The number of halogens is 3. The van der Waals surface area contributed by atoms with Crippen molar-refractivity contribution in [2.45, 2.75) is 13.1 Å². The van der Waals surface area contributed by atoms with Crippen LogP contribution in [0.4, 0.5) is 18.9 Å². The Balaban J connectivity index is 2.22. The third kappa shape index (κ3) is 3.47. The first-order valence-corrected chi connectivity index (χ1v) is 6.81. The van der Waals surface area contributed by atoms with Gasteiger partial charge in [-0.2, -0.15) is 13.2 Å². The van der Waals surface area contributed by atoms with Crippen LogP contribution >= 0.6 is 11.8 Å². The van der Waals surface area contributed by atoms with Crippen molar-refractivity contribution in [3.63, 3.8) is 0 Å². The molecule has 2 rings (SSSR count). The van der Waals surface area contributed by atoms with Crippen molar-refractivity contribution in [1.82, 2.24) is 0 Å². The fourth-order valence-electron chi connectivity index (χ4n) is 1.62. The molecule has 108 valence electrons. The summed E-state index contributed by atoms with van der Waals surface area (Å²) < 4.78 is 42.9. The van der Waals surface area contributed by atoms with Crippen molar-refractivity contribution >= 4 is 23.4 Å². The first kappa shape index (κ1) is 14.8. The SMILES string of the molecule is Cc1ccc(NC(=O)C2=C(C(F)(F)F)OCCS2)cc1. The molecule has 7 heteroatoms. The van der Waals surface area contributed by atoms with E-state index in [1.807, 2.05) is 6.92 Å². The summed E-state index contributed by atoms with van der Waals surface area (Å²) in [6.07, 6.45) is -4.66. The predicted molar refractivity (Wildman–Crippen MR) is 71.3 cm³/mol. The summed E-state index contributed by atoms with van der Waals surface area (Å²) in [7, 11) is 0. The van der Waals surface area contributed by atoms with E-state index in [0.717, 1.165) is 17.3 Å². The largest absolute Gasteiger partial charge is 0.487 e. The van der Waals surface area contributed by atoms with Crippen LogP contribution in [0, 0.1) is 6.92 Å². The number of carbonyl (C=O) groups excluding carboxylic acids is 1. The predicted octanol–water partition coefficient (Wildman–Crippen LogP) is 3.47. The van der Waals surface area contributed by atoms with E-state index in [2.05, 4.69) is 10.1 Å². The quantitative estimate of drug-likeness (QED) is 0.909. The van der Waals surface area contributed by atoms with E-state index in [-0.39, 0.29) is 6.61 Å². The van der Waals surface area contributed by atoms with Crippen molar-refractivity contribution in [3.05, 3.63) is 40.5 Å². The van der Waals surface area contributed by atoms with Crippen LogP contribution in [0.1, 0.15) is 5.56 Å². The molecule has 0 fully saturated rings. The molecule has 1 aromatic carbocycles. The Hall–Kier alpha value is -1.63. The van der Waals surface area contributed by atoms with Crippen molar-refractivity contribution in [2.24, 2.45) is 0 Å². The highest BCUT2D eigenvalue weighted by atomic mass is 32.2. The van der Waals surface area contributed by atoms with Gasteiger partial charge in [-0.15, -0.1) is 11.8 Å². The van der Waals surface area contributed by atoms with Crippen LogP contribution in [0.15, 0.2) is 34.9 Å². The van der Waals surface area contributed by atoms with Gasteiger partial charge in [-0.25, -0.2) is 0 Å². The van der Waals surface area contributed by atoms with Crippen LogP contribution in [-0.2, 0) is 9.53 Å². The number of alkyl halides is 3. The van der Waals surface area contributed by atoms with Gasteiger partial charge in [-0.05, 0) is 19.1 Å². The standard InChI is InChI=1S/C13H12F3NO2S/c1-8-2-4-9(5-3-8)17-12(18)10-11(13(14,15)16)19-6-7-20-10/h2-5H,6-7H2,1H3,(H,17,18). The summed E-state index contributed by atoms with van der Waals surface area (Å²) in [5.41, 5.74) is 1.44. The number of amides is 1. The molecule has 0 aliphatic carbocycles. The van der Waals surface area contributed by atoms with E-state index >= 15 is 0 Å². The molecule has 1 heterocycles. The molecule has 0 saturated heterocycles. The molecule has 3 nitrogen and oxygen atoms in total. The van der Waals surface area contributed by atoms with Crippen molar-refractivity contribution in [3.8, 4) is 0 Å². The smallest absolute Gasteiger partial charge is 0.450 e. The number of allylic oxidation sites excluding steroid dienone is 1. The number of hydrogen-bond acceptors (Lipinski definition) is 3. The second-order valence-corrected chi connectivity index (χ2v) is 5.28. The fourth-order valence-corrected chi connectivity index (χ4v) is 2.48. The van der Waals surface area contributed by atoms with Gasteiger partial charge < -0.3 is 10.1 Å². The number of ether oxygens (including phenoxy) is 1. The second-order valence-electron chi connectivity index (χ2n) is 4.17. The van der Waals surface area contributed by atoms with Crippen molar-refractivity contribution in [2.75, 3.05) is 17.7 Å². The Labute approximate surface area is 118 Å². The third-order valence-corrected chi connectivity index (χ3v) is 3.59. The molecule has 0 radical (unpaired) electrons. The highest BCUT2D eigenvalue weighted by molar-refractivity contribution is 8.04. The first-order valence-electron chi connectivity index (χ1n) is 5.83. The van der Waals surface area contributed by atoms with Crippen LogP contribution in [0.5, 0.6) is 0 Å². The minimum absolute atomic E-state index is 0.0547. The topological polar surface area (TPSA) is 38.3 Å². The number of hydrogen-bond donors (Lipinski definition) is 1. The zero-order chi connectivity index (χ0) is 14.8. The highest BCUT2D eigenvalue weighted by Crippen LogP contribution is 2.37. The van der Waals surface area contributed by atoms with Crippen LogP contribution in [-0.4, -0.2) is 24.4 Å². The molecule has 1 aromatic rings. The summed E-state index contributed by atoms with van der Waals surface area (Å²) >= 11 is 0.851. The van der Waals surface area contributed by atoms with Crippen molar-refractivity contribution in [1.29, 1.82) is 0 Å². The van der Waals surface area contributed by atoms with Gasteiger partial charge in [0.05, 0.1) is 6.61 Å². The van der Waals surface area contributed by atoms with Crippen LogP contribution in [0.2, 0.25) is 0 Å². The molecule has 1 N–H and O–H groups in total. The number of nitrogens with one attached hydrogen (secondary N) is 1. The van der Waals surface area contributed by atoms with Crippen LogP contribution < -0.4 is 5.32 Å². The lowest BCUT2D eigenvalue weighted by Gasteiger charge is -2.21. The van der Waals surface area contributed by atoms with Gasteiger partial charge in [0.2, 0.25) is 5.76 Å². The van der Waals surface area contributed by atoms with Gasteiger partial charge in [0.25, 0.3) is 5.91 Å². The summed E-state index contributed by atoms with van der Waals surface area (Å²) in [6.45, 7) is 1.82. The molecular formula is C13H12F3NO2S. The number of rotatable bonds is 2. The Kier molecular flexibility index (Phi) is 4.27.